The number of ether oxygens (including phenoxy) is 1. The Morgan fingerprint density at radius 1 is 1.04 bits per heavy atom. The van der Waals surface area contributed by atoms with E-state index in [0.29, 0.717) is 12.5 Å². The van der Waals surface area contributed by atoms with E-state index in [-0.39, 0.29) is 19.7 Å². The Bertz CT molecular complexity index is 447. The summed E-state index contributed by atoms with van der Waals surface area (Å²) < 4.78 is 20.8. The first-order valence-corrected chi connectivity index (χ1v) is 9.85. The van der Waals surface area contributed by atoms with Crippen molar-refractivity contribution in [2.45, 2.75) is 30.8 Å². The summed E-state index contributed by atoms with van der Waals surface area (Å²) in [6.45, 7) is 0.0789. The minimum atomic E-state index is -2.82. The first-order valence-electron chi connectivity index (χ1n) is 7.92. The molecule has 0 aromatic rings. The van der Waals surface area contributed by atoms with Crippen molar-refractivity contribution < 1.29 is 42.6 Å². The number of esters is 1. The van der Waals surface area contributed by atoms with Crippen molar-refractivity contribution in [1.82, 2.24) is 5.32 Å². The minimum absolute atomic E-state index is 0.0582. The third-order valence-corrected chi connectivity index (χ3v) is 6.53. The lowest BCUT2D eigenvalue weighted by atomic mass is 9.91. The second-order valence-corrected chi connectivity index (χ2v) is 8.56. The van der Waals surface area contributed by atoms with Crippen LogP contribution in [0.4, 0.5) is 0 Å². The van der Waals surface area contributed by atoms with E-state index in [0.717, 1.165) is 0 Å². The molecule has 0 aromatic carbocycles. The Labute approximate surface area is 153 Å². The number of carbonyl (C=O) groups is 3. The number of carboxylic acid groups (broad SMARTS) is 2. The van der Waals surface area contributed by atoms with Gasteiger partial charge in [0.1, 0.15) is 5.54 Å². The zero-order valence-corrected chi connectivity index (χ0v) is 16.3. The normalized spacial score (nSPS) is 12.0. The summed E-state index contributed by atoms with van der Waals surface area (Å²) in [4.78, 5) is 34.7. The first-order chi connectivity index (χ1) is 12.2. The number of carboxylic acids is 2. The van der Waals surface area contributed by atoms with Gasteiger partial charge in [0.05, 0.1) is 19.4 Å². The van der Waals surface area contributed by atoms with Gasteiger partial charge in [-0.15, -0.1) is 0 Å². The van der Waals surface area contributed by atoms with E-state index >= 15 is 0 Å². The minimum Gasteiger partial charge on any atom is -0.481 e. The molecule has 0 aliphatic heterocycles. The first kappa shape index (κ1) is 24.4. The lowest BCUT2D eigenvalue weighted by Crippen LogP contribution is -2.56. The summed E-state index contributed by atoms with van der Waals surface area (Å²) in [5.41, 5.74) is 3.47. The molecule has 0 unspecified atom stereocenters. The predicted molar refractivity (Wildman–Crippen MR) is 91.5 cm³/mol. The Morgan fingerprint density at radius 3 is 1.92 bits per heavy atom. The quantitative estimate of drug-likeness (QED) is 0.153. The zero-order chi connectivity index (χ0) is 20.2. The van der Waals surface area contributed by atoms with Crippen LogP contribution in [0.25, 0.3) is 0 Å². The fraction of sp³-hybridized carbons (Fsp3) is 0.786. The van der Waals surface area contributed by atoms with Gasteiger partial charge in [-0.2, -0.15) is 0 Å². The van der Waals surface area contributed by atoms with Crippen molar-refractivity contribution in [1.29, 1.82) is 0 Å². The third-order valence-electron chi connectivity index (χ3n) is 3.70. The van der Waals surface area contributed by atoms with E-state index in [2.05, 4.69) is 5.32 Å². The maximum Gasteiger partial charge on any atom is 0.500 e. The molecule has 0 atom stereocenters. The summed E-state index contributed by atoms with van der Waals surface area (Å²) in [5.74, 6) is -3.63. The maximum absolute atomic E-state index is 12.4. The molecule has 0 rings (SSSR count). The van der Waals surface area contributed by atoms with E-state index in [9.17, 15) is 14.4 Å². The number of nitrogens with two attached hydrogens (primary N) is 1. The maximum atomic E-state index is 12.4. The molecule has 0 saturated carbocycles. The van der Waals surface area contributed by atoms with Crippen LogP contribution in [0.1, 0.15) is 19.3 Å². The van der Waals surface area contributed by atoms with Gasteiger partial charge in [-0.3, -0.25) is 19.7 Å². The van der Waals surface area contributed by atoms with Crippen molar-refractivity contribution in [3.8, 4) is 0 Å². The molecule has 152 valence electrons. The predicted octanol–water partition coefficient (Wildman–Crippen LogP) is -0.966. The van der Waals surface area contributed by atoms with Gasteiger partial charge in [-0.1, -0.05) is 0 Å². The molecule has 12 heteroatoms. The number of carbonyl (C=O) groups excluding carboxylic acids is 1. The summed E-state index contributed by atoms with van der Waals surface area (Å²) >= 11 is 0. The third kappa shape index (κ3) is 7.76. The van der Waals surface area contributed by atoms with Crippen LogP contribution in [0.15, 0.2) is 0 Å². The van der Waals surface area contributed by atoms with E-state index in [1.165, 1.54) is 21.3 Å². The summed E-state index contributed by atoms with van der Waals surface area (Å²) in [7, 11) is 1.53. The highest BCUT2D eigenvalue weighted by Gasteiger charge is 2.44. The van der Waals surface area contributed by atoms with Gasteiger partial charge in [-0.05, 0) is 6.42 Å². The molecule has 0 saturated heterocycles. The Morgan fingerprint density at radius 2 is 1.54 bits per heavy atom. The molecule has 11 nitrogen and oxygen atoms in total. The van der Waals surface area contributed by atoms with Crippen molar-refractivity contribution >= 4 is 26.7 Å². The standard InChI is InChI=1S/C14H28N2O9Si/c1-22-26(23-2,24-3)8-4-7-25-13(21)14(9-11(17)18,10-12(19)20)16-6-5-15/h16H,4-10,15H2,1-3H3,(H,17,18)(H,19,20). The largest absolute Gasteiger partial charge is 0.500 e. The molecule has 0 spiro atoms. The van der Waals surface area contributed by atoms with Gasteiger partial charge in [0.2, 0.25) is 0 Å². The smallest absolute Gasteiger partial charge is 0.481 e. The number of aliphatic carboxylic acids is 2. The lowest BCUT2D eigenvalue weighted by molar-refractivity contribution is -0.160. The number of hydrogen-bond acceptors (Lipinski definition) is 9. The number of hydrogen-bond donors (Lipinski definition) is 4. The van der Waals surface area contributed by atoms with E-state index in [4.69, 9.17) is 34.0 Å². The molecular weight excluding hydrogens is 368 g/mol. The molecule has 0 heterocycles. The second-order valence-electron chi connectivity index (χ2n) is 5.47. The van der Waals surface area contributed by atoms with Gasteiger partial charge in [-0.25, -0.2) is 0 Å². The average Bonchev–Trinajstić information content (AvgIpc) is 2.59. The molecule has 0 aromatic heterocycles. The summed E-state index contributed by atoms with van der Waals surface area (Å²) in [6.07, 6.45) is -1.16. The molecule has 0 aliphatic carbocycles. The molecule has 0 radical (unpaired) electrons. The van der Waals surface area contributed by atoms with Gasteiger partial charge < -0.3 is 34.0 Å². The van der Waals surface area contributed by atoms with Gasteiger partial charge in [0.25, 0.3) is 0 Å². The fourth-order valence-corrected chi connectivity index (χ4v) is 4.07. The van der Waals surface area contributed by atoms with Crippen LogP contribution >= 0.6 is 0 Å². The van der Waals surface area contributed by atoms with Crippen LogP contribution in [-0.4, -0.2) is 83.5 Å². The fourth-order valence-electron chi connectivity index (χ4n) is 2.38. The van der Waals surface area contributed by atoms with Gasteiger partial charge in [0, 0.05) is 40.5 Å². The SMILES string of the molecule is CO[Si](CCCOC(=O)C(CC(=O)O)(CC(=O)O)NCCN)(OC)OC. The Hall–Kier alpha value is -1.57. The average molecular weight is 396 g/mol. The molecule has 26 heavy (non-hydrogen) atoms. The summed E-state index contributed by atoms with van der Waals surface area (Å²) in [6, 6.07) is 0.366. The molecule has 0 fully saturated rings. The van der Waals surface area contributed by atoms with Crippen LogP contribution < -0.4 is 11.1 Å². The van der Waals surface area contributed by atoms with Crippen molar-refractivity contribution in [2.75, 3.05) is 41.0 Å². The molecule has 0 aliphatic rings. The number of nitrogens with one attached hydrogen (secondary N) is 1. The monoisotopic (exact) mass is 396 g/mol. The topological polar surface area (TPSA) is 167 Å². The lowest BCUT2D eigenvalue weighted by Gasteiger charge is -2.30. The van der Waals surface area contributed by atoms with Crippen LogP contribution in [-0.2, 0) is 32.4 Å². The van der Waals surface area contributed by atoms with E-state index < -0.39 is 45.1 Å². The molecular formula is C14H28N2O9Si. The van der Waals surface area contributed by atoms with Crippen LogP contribution in [0.3, 0.4) is 0 Å². The Kier molecular flexibility index (Phi) is 11.2. The van der Waals surface area contributed by atoms with E-state index in [1.54, 1.807) is 0 Å². The molecule has 5 N–H and O–H groups in total. The van der Waals surface area contributed by atoms with Crippen molar-refractivity contribution in [3.63, 3.8) is 0 Å². The highest BCUT2D eigenvalue weighted by atomic mass is 28.4. The van der Waals surface area contributed by atoms with Crippen LogP contribution in [0.5, 0.6) is 0 Å². The highest BCUT2D eigenvalue weighted by molar-refractivity contribution is 6.60. The molecule has 0 bridgehead atoms. The molecule has 0 amide bonds. The van der Waals surface area contributed by atoms with Gasteiger partial charge in [0.15, 0.2) is 0 Å². The second kappa shape index (κ2) is 11.9. The van der Waals surface area contributed by atoms with Crippen molar-refractivity contribution in [2.24, 2.45) is 5.73 Å². The number of rotatable bonds is 15. The van der Waals surface area contributed by atoms with E-state index in [1.807, 2.05) is 0 Å². The van der Waals surface area contributed by atoms with Gasteiger partial charge >= 0.3 is 26.7 Å². The van der Waals surface area contributed by atoms with Crippen LogP contribution in [0, 0.1) is 0 Å². The Balaban J connectivity index is 5.00. The highest BCUT2D eigenvalue weighted by Crippen LogP contribution is 2.20. The zero-order valence-electron chi connectivity index (χ0n) is 15.3. The van der Waals surface area contributed by atoms with Crippen LogP contribution in [0.2, 0.25) is 6.04 Å². The van der Waals surface area contributed by atoms with Crippen molar-refractivity contribution in [3.05, 3.63) is 0 Å². The summed E-state index contributed by atoms with van der Waals surface area (Å²) in [5, 5.41) is 20.7.